The monoisotopic (exact) mass is 385 g/mol. The lowest BCUT2D eigenvalue weighted by molar-refractivity contribution is -0.118. The largest absolute Gasteiger partial charge is 0.483 e. The van der Waals surface area contributed by atoms with Crippen LogP contribution in [0.3, 0.4) is 0 Å². The number of hydrogen-bond acceptors (Lipinski definition) is 6. The van der Waals surface area contributed by atoms with Crippen molar-refractivity contribution in [2.24, 2.45) is 0 Å². The van der Waals surface area contributed by atoms with Gasteiger partial charge in [-0.2, -0.15) is 0 Å². The molecular formula is C19H19N3O2S2. The number of aryl methyl sites for hydroxylation is 2. The Bertz CT molecular complexity index is 882. The number of carbonyl (C=O) groups is 1. The fraction of sp³-hybridized carbons (Fsp3) is 0.211. The van der Waals surface area contributed by atoms with E-state index in [0.717, 1.165) is 27.0 Å². The van der Waals surface area contributed by atoms with E-state index < -0.39 is 0 Å². The molecule has 0 saturated carbocycles. The first-order valence-corrected chi connectivity index (χ1v) is 9.90. The predicted octanol–water partition coefficient (Wildman–Crippen LogP) is 4.46. The maximum atomic E-state index is 12.1. The molecule has 0 saturated heterocycles. The van der Waals surface area contributed by atoms with Crippen LogP contribution in [-0.4, -0.2) is 22.7 Å². The second-order valence-corrected chi connectivity index (χ2v) is 7.95. The SMILES string of the molecule is Cc1ccc(C)c(OCC(=O)Nc2nnc(SCc3ccccc3)s2)c1. The summed E-state index contributed by atoms with van der Waals surface area (Å²) in [5.74, 6) is 1.29. The first-order chi connectivity index (χ1) is 12.6. The summed E-state index contributed by atoms with van der Waals surface area (Å²) in [6.07, 6.45) is 0. The lowest BCUT2D eigenvalue weighted by atomic mass is 10.1. The smallest absolute Gasteiger partial charge is 0.264 e. The lowest BCUT2D eigenvalue weighted by Crippen LogP contribution is -2.20. The third kappa shape index (κ3) is 5.31. The van der Waals surface area contributed by atoms with Gasteiger partial charge in [0.1, 0.15) is 5.75 Å². The van der Waals surface area contributed by atoms with Crippen LogP contribution in [0.15, 0.2) is 52.9 Å². The molecule has 134 valence electrons. The quantitative estimate of drug-likeness (QED) is 0.480. The van der Waals surface area contributed by atoms with Crippen LogP contribution in [0.5, 0.6) is 5.75 Å². The number of carbonyl (C=O) groups excluding carboxylic acids is 1. The molecule has 0 aliphatic carbocycles. The van der Waals surface area contributed by atoms with Gasteiger partial charge < -0.3 is 4.74 Å². The van der Waals surface area contributed by atoms with Gasteiger partial charge in [0.2, 0.25) is 5.13 Å². The van der Waals surface area contributed by atoms with Crippen molar-refractivity contribution in [2.45, 2.75) is 23.9 Å². The number of anilines is 1. The molecule has 0 spiro atoms. The molecule has 3 aromatic rings. The van der Waals surface area contributed by atoms with E-state index in [1.807, 2.05) is 50.2 Å². The highest BCUT2D eigenvalue weighted by molar-refractivity contribution is 8.00. The maximum absolute atomic E-state index is 12.1. The Kier molecular flexibility index (Phi) is 6.25. The molecule has 2 aromatic carbocycles. The number of aromatic nitrogens is 2. The number of rotatable bonds is 7. The molecule has 5 nitrogen and oxygen atoms in total. The van der Waals surface area contributed by atoms with Crippen molar-refractivity contribution in [3.63, 3.8) is 0 Å². The van der Waals surface area contributed by atoms with E-state index >= 15 is 0 Å². The summed E-state index contributed by atoms with van der Waals surface area (Å²) < 4.78 is 6.42. The van der Waals surface area contributed by atoms with E-state index in [1.54, 1.807) is 11.8 Å². The second kappa shape index (κ2) is 8.82. The van der Waals surface area contributed by atoms with Crippen LogP contribution >= 0.6 is 23.1 Å². The third-order valence-electron chi connectivity index (χ3n) is 3.56. The van der Waals surface area contributed by atoms with Gasteiger partial charge in [0.05, 0.1) is 0 Å². The van der Waals surface area contributed by atoms with Gasteiger partial charge in [-0.05, 0) is 36.6 Å². The van der Waals surface area contributed by atoms with Gasteiger partial charge >= 0.3 is 0 Å². The van der Waals surface area contributed by atoms with Gasteiger partial charge in [0.25, 0.3) is 5.91 Å². The minimum absolute atomic E-state index is 0.0592. The Morgan fingerprint density at radius 2 is 1.96 bits per heavy atom. The van der Waals surface area contributed by atoms with Gasteiger partial charge in [-0.1, -0.05) is 65.6 Å². The number of hydrogen-bond donors (Lipinski definition) is 1. The standard InChI is InChI=1S/C19H19N3O2S2/c1-13-8-9-14(2)16(10-13)24-11-17(23)20-18-21-22-19(26-18)25-12-15-6-4-3-5-7-15/h3-10H,11-12H2,1-2H3,(H,20,21,23). The van der Waals surface area contributed by atoms with Crippen LogP contribution < -0.4 is 10.1 Å². The Hall–Kier alpha value is -2.38. The Morgan fingerprint density at radius 1 is 1.15 bits per heavy atom. The van der Waals surface area contributed by atoms with Crippen molar-refractivity contribution in [3.8, 4) is 5.75 Å². The third-order valence-corrected chi connectivity index (χ3v) is 5.60. The van der Waals surface area contributed by atoms with Crippen molar-refractivity contribution >= 4 is 34.1 Å². The Labute approximate surface area is 160 Å². The van der Waals surface area contributed by atoms with Crippen LogP contribution in [0.4, 0.5) is 5.13 Å². The highest BCUT2D eigenvalue weighted by Gasteiger charge is 2.10. The first-order valence-electron chi connectivity index (χ1n) is 8.10. The minimum atomic E-state index is -0.248. The predicted molar refractivity (Wildman–Crippen MR) is 106 cm³/mol. The van der Waals surface area contributed by atoms with Crippen molar-refractivity contribution in [1.29, 1.82) is 0 Å². The normalized spacial score (nSPS) is 10.5. The van der Waals surface area contributed by atoms with Gasteiger partial charge in [-0.3, -0.25) is 10.1 Å². The van der Waals surface area contributed by atoms with Gasteiger partial charge in [-0.15, -0.1) is 10.2 Å². The molecule has 26 heavy (non-hydrogen) atoms. The summed E-state index contributed by atoms with van der Waals surface area (Å²) in [6.45, 7) is 3.88. The van der Waals surface area contributed by atoms with E-state index in [1.165, 1.54) is 16.9 Å². The molecule has 1 amide bonds. The molecule has 1 aromatic heterocycles. The zero-order valence-corrected chi connectivity index (χ0v) is 16.2. The van der Waals surface area contributed by atoms with Crippen molar-refractivity contribution in [2.75, 3.05) is 11.9 Å². The summed E-state index contributed by atoms with van der Waals surface area (Å²) in [5, 5.41) is 11.3. The fourth-order valence-corrected chi connectivity index (χ4v) is 3.92. The summed E-state index contributed by atoms with van der Waals surface area (Å²) in [7, 11) is 0. The van der Waals surface area contributed by atoms with E-state index in [9.17, 15) is 4.79 Å². The van der Waals surface area contributed by atoms with E-state index in [-0.39, 0.29) is 12.5 Å². The fourth-order valence-electron chi connectivity index (χ4n) is 2.20. The number of benzene rings is 2. The zero-order chi connectivity index (χ0) is 18.4. The van der Waals surface area contributed by atoms with Crippen LogP contribution in [0.2, 0.25) is 0 Å². The lowest BCUT2D eigenvalue weighted by Gasteiger charge is -2.09. The molecule has 0 unspecified atom stereocenters. The molecule has 0 bridgehead atoms. The molecule has 0 fully saturated rings. The Balaban J connectivity index is 1.49. The van der Waals surface area contributed by atoms with Gasteiger partial charge in [0, 0.05) is 5.75 Å². The number of ether oxygens (including phenoxy) is 1. The van der Waals surface area contributed by atoms with E-state index in [0.29, 0.717) is 5.13 Å². The van der Waals surface area contributed by atoms with E-state index in [4.69, 9.17) is 4.74 Å². The summed E-state index contributed by atoms with van der Waals surface area (Å²) in [4.78, 5) is 12.1. The molecule has 0 radical (unpaired) electrons. The van der Waals surface area contributed by atoms with Crippen molar-refractivity contribution in [1.82, 2.24) is 10.2 Å². The topological polar surface area (TPSA) is 64.1 Å². The van der Waals surface area contributed by atoms with Crippen LogP contribution in [0, 0.1) is 13.8 Å². The minimum Gasteiger partial charge on any atom is -0.483 e. The average molecular weight is 386 g/mol. The molecular weight excluding hydrogens is 366 g/mol. The average Bonchev–Trinajstić information content (AvgIpc) is 3.09. The summed E-state index contributed by atoms with van der Waals surface area (Å²) in [6, 6.07) is 16.1. The van der Waals surface area contributed by atoms with Crippen molar-refractivity contribution in [3.05, 3.63) is 65.2 Å². The van der Waals surface area contributed by atoms with Crippen molar-refractivity contribution < 1.29 is 9.53 Å². The number of nitrogens with one attached hydrogen (secondary N) is 1. The molecule has 7 heteroatoms. The van der Waals surface area contributed by atoms with Crippen LogP contribution in [-0.2, 0) is 10.5 Å². The molecule has 0 aliphatic rings. The first kappa shape index (κ1) is 18.4. The Morgan fingerprint density at radius 3 is 2.77 bits per heavy atom. The van der Waals surface area contributed by atoms with Crippen LogP contribution in [0.25, 0.3) is 0 Å². The zero-order valence-electron chi connectivity index (χ0n) is 14.6. The highest BCUT2D eigenvalue weighted by atomic mass is 32.2. The second-order valence-electron chi connectivity index (χ2n) is 5.75. The van der Waals surface area contributed by atoms with E-state index in [2.05, 4.69) is 27.6 Å². The van der Waals surface area contributed by atoms with Gasteiger partial charge in [-0.25, -0.2) is 0 Å². The number of nitrogens with zero attached hydrogens (tertiary/aromatic N) is 2. The van der Waals surface area contributed by atoms with Crippen LogP contribution in [0.1, 0.15) is 16.7 Å². The number of thioether (sulfide) groups is 1. The summed E-state index contributed by atoms with van der Waals surface area (Å²) >= 11 is 2.96. The summed E-state index contributed by atoms with van der Waals surface area (Å²) in [5.41, 5.74) is 3.31. The molecule has 1 N–H and O–H groups in total. The van der Waals surface area contributed by atoms with Gasteiger partial charge in [0.15, 0.2) is 10.9 Å². The molecule has 0 atom stereocenters. The number of amides is 1. The molecule has 1 heterocycles. The molecule has 3 rings (SSSR count). The molecule has 0 aliphatic heterocycles. The maximum Gasteiger partial charge on any atom is 0.264 e. The highest BCUT2D eigenvalue weighted by Crippen LogP contribution is 2.28.